The van der Waals surface area contributed by atoms with Crippen LogP contribution in [-0.2, 0) is 128 Å². The molecule has 0 aromatic carbocycles. The number of carbonyl (C=O) groups is 4. The quantitative estimate of drug-likeness (QED) is 0.0275. The molecular formula is C82H138N4O56. The Bertz CT molecular complexity index is 3920. The van der Waals surface area contributed by atoms with Gasteiger partial charge in [0.2, 0.25) is 23.6 Å². The van der Waals surface area contributed by atoms with Crippen molar-refractivity contribution in [2.45, 2.75) is 399 Å². The van der Waals surface area contributed by atoms with Crippen molar-refractivity contribution < 1.29 is 276 Å². The summed E-state index contributed by atoms with van der Waals surface area (Å²) in [4.78, 5) is 53.1. The summed E-state index contributed by atoms with van der Waals surface area (Å²) in [5.41, 5.74) is 0. The maximum atomic E-state index is 13.6. The molecule has 0 spiro atoms. The van der Waals surface area contributed by atoms with E-state index < -0.39 is 458 Å². The lowest BCUT2D eigenvalue weighted by Crippen LogP contribution is -2.71. The molecule has 0 aliphatic carbocycles. The zero-order valence-electron chi connectivity index (χ0n) is 77.8. The van der Waals surface area contributed by atoms with Gasteiger partial charge in [-0.3, -0.25) is 19.2 Å². The summed E-state index contributed by atoms with van der Waals surface area (Å²) in [5.74, 6) is -7.05. The average Bonchev–Trinajstić information content (AvgIpc) is 1.01. The Balaban J connectivity index is 0.853. The third-order valence-corrected chi connectivity index (χ3v) is 27.4. The normalized spacial score (nSPS) is 50.3. The summed E-state index contributed by atoms with van der Waals surface area (Å²) in [6.07, 6.45) is -103. The van der Waals surface area contributed by atoms with Crippen LogP contribution in [-0.4, -0.2) is 588 Å². The van der Waals surface area contributed by atoms with Crippen molar-refractivity contribution in [3.8, 4) is 0 Å². The Morgan fingerprint density at radius 3 is 0.937 bits per heavy atom. The lowest BCUT2D eigenvalue weighted by molar-refractivity contribution is -0.400. The van der Waals surface area contributed by atoms with Crippen LogP contribution in [0.15, 0.2) is 0 Å². The third kappa shape index (κ3) is 25.7. The molecule has 1 unspecified atom stereocenters. The average molecular weight is 2080 g/mol. The van der Waals surface area contributed by atoms with Crippen LogP contribution in [0.25, 0.3) is 0 Å². The first kappa shape index (κ1) is 116. The number of hydrogen-bond acceptors (Lipinski definition) is 56. The van der Waals surface area contributed by atoms with Gasteiger partial charge in [0.1, 0.15) is 244 Å². The first-order valence-electron chi connectivity index (χ1n) is 46.4. The lowest BCUT2D eigenvalue weighted by atomic mass is 9.90. The molecule has 12 aliphatic heterocycles. The predicted octanol–water partition coefficient (Wildman–Crippen LogP) is -21.1. The molecule has 12 saturated heterocycles. The molecule has 12 rings (SSSR count). The Morgan fingerprint density at radius 2 is 0.472 bits per heavy atom. The zero-order chi connectivity index (χ0) is 104. The van der Waals surface area contributed by atoms with Crippen LogP contribution in [0, 0.1) is 17.8 Å². The van der Waals surface area contributed by atoms with Gasteiger partial charge < -0.3 is 278 Å². The Kier molecular flexibility index (Phi) is 41.7. The molecule has 0 bridgehead atoms. The molecule has 60 nitrogen and oxygen atoms in total. The van der Waals surface area contributed by atoms with E-state index in [0.29, 0.717) is 0 Å². The second kappa shape index (κ2) is 50.8. The van der Waals surface area contributed by atoms with E-state index in [-0.39, 0.29) is 0 Å². The molecule has 59 atom stereocenters. The molecule has 12 heterocycles. The lowest BCUT2D eigenvalue weighted by Gasteiger charge is -2.51. The minimum atomic E-state index is -2.52. The second-order valence-electron chi connectivity index (χ2n) is 37.3. The number of rotatable bonds is 37. The van der Waals surface area contributed by atoms with Crippen molar-refractivity contribution in [3.05, 3.63) is 0 Å². The van der Waals surface area contributed by atoms with E-state index in [1.165, 1.54) is 27.7 Å². The van der Waals surface area contributed by atoms with Gasteiger partial charge in [-0.2, -0.15) is 0 Å². The van der Waals surface area contributed by atoms with Crippen molar-refractivity contribution in [2.75, 3.05) is 72.7 Å². The van der Waals surface area contributed by atoms with E-state index in [9.17, 15) is 167 Å². The molecular weight excluding hydrogens is 1940 g/mol. The van der Waals surface area contributed by atoms with Crippen LogP contribution < -0.4 is 21.3 Å². The van der Waals surface area contributed by atoms with Crippen LogP contribution in [0.5, 0.6) is 0 Å². The standard InChI is InChI=1S/C82H138N4O56/c1-20-43(98)28(9-87)126-75(46(20)101)120-16-35-45(100)22(3)48(103)78(134-35)139-67-42(86-27(8)97)74(133-36(53(67)108)17-121-76-47(102)21(2)44(99)29(10-88)127-76)136-64-33(14-92)132-73(41(56(64)111)85-26(7)96)141-69-60(115)51(106)31(12-90)130-81(69)123-18-37-54(109)68(140-80-63(118)59(114)50(105)30(11-89)128-80)70(142-79-61(116)52(107)32(13-91)129-79)82(135-37)138-65-34(15-93)131-72(40(57(65)112)84-25(6)95)137-66-38(125-71(119)39(55(66)110)83-24(5)94)19-122-77-62(117)58(113)49(104)23(4)124-77/h20-23,28-82,87-93,98-119H,9-19H2,1-8H3,(H,83,94)(H,84,95)(H,85,96)(H,86,97)/t20-,21-,22-,23-,28+,29+,30+,31+,32+,33+,34+,35+,36+,37+,38+,39+,40+,41+,42+,43+,44+,45+,46+,47+,48+,49+,50+,51+,52-,53-,54+,55+,56+,57+,58+,59-,60-,61+,62-,63-,64+,65+,66+,67+,68-,69-,70-,71?,72-,73-,74-,75+,76+,77+,78-,79-,80+,81-,82-/m0/s1. The summed E-state index contributed by atoms with van der Waals surface area (Å²) in [6, 6.07) is -7.85. The Labute approximate surface area is 808 Å². The molecule has 0 radical (unpaired) electrons. The molecule has 822 valence electrons. The van der Waals surface area contributed by atoms with E-state index in [1.807, 2.05) is 0 Å². The maximum absolute atomic E-state index is 13.6. The monoisotopic (exact) mass is 2070 g/mol. The molecule has 12 fully saturated rings. The number of carbonyl (C=O) groups excluding carboxylic acids is 4. The predicted molar refractivity (Wildman–Crippen MR) is 443 cm³/mol. The van der Waals surface area contributed by atoms with E-state index in [1.54, 1.807) is 0 Å². The van der Waals surface area contributed by atoms with Crippen LogP contribution >= 0.6 is 0 Å². The first-order chi connectivity index (χ1) is 67.1. The highest BCUT2D eigenvalue weighted by molar-refractivity contribution is 5.74. The van der Waals surface area contributed by atoms with E-state index in [4.69, 9.17) is 109 Å². The number of hydrogen-bond donors (Lipinski definition) is 33. The SMILES string of the molecule is CC(=O)N[C@H]1[C@H](O[C@@H]2[C@@H](OC[C@H]3O[C@@H](O[C@H]4[C@H](O)[C@@H](NC(C)=O)[C@H](O[C@H]5[C@H](O)[C@@H](NC(C)=O)C(O)O[C@@H]5CO[C@@H]5O[C@@H](C)[C@@H](O)[C@@H](O)[C@@H]5O)O[C@@H]4CO)[C@@H](O[C@@H]4O[C@H](CO)[C@H](O)[C@H]4O)[C@@H](O[C@H]4O[C@H](CO)[C@@H](O)[C@H](O)[C@@H]4O)[C@@H]3O)O[C@H](CO)[C@@H](O)[C@@H]2O)O[C@H](CO)[C@@H](O[C@@H]2O[C@H](CO[C@@H]3O[C@H](CO)[C@H](O)[C@H](C)[C@H]3O)[C@H](O)[C@H](O[C@@H]3O[C@H](CO[C@@H]4O[C@H](CO)[C@H](O)[C@H](C)[C@H]4O)[C@H](O)[C@H](C)[C@H]3O)[C@H]2NC(C)=O)[C@@H]1O. The molecule has 12 aliphatic rings. The molecule has 142 heavy (non-hydrogen) atoms. The Hall–Kier alpha value is -4.20. The van der Waals surface area contributed by atoms with Crippen LogP contribution in [0.3, 0.4) is 0 Å². The number of amides is 4. The second-order valence-corrected chi connectivity index (χ2v) is 37.3. The molecule has 0 aromatic rings. The van der Waals surface area contributed by atoms with Gasteiger partial charge in [0, 0.05) is 45.4 Å². The van der Waals surface area contributed by atoms with Gasteiger partial charge in [0.25, 0.3) is 0 Å². The van der Waals surface area contributed by atoms with Crippen LogP contribution in [0.1, 0.15) is 55.4 Å². The van der Waals surface area contributed by atoms with Crippen molar-refractivity contribution >= 4 is 23.6 Å². The van der Waals surface area contributed by atoms with Crippen molar-refractivity contribution in [1.82, 2.24) is 21.3 Å². The fourth-order valence-corrected chi connectivity index (χ4v) is 18.9. The van der Waals surface area contributed by atoms with Crippen molar-refractivity contribution in [1.29, 1.82) is 0 Å². The van der Waals surface area contributed by atoms with Crippen molar-refractivity contribution in [3.63, 3.8) is 0 Å². The number of aliphatic hydroxyl groups is 29. The zero-order valence-corrected chi connectivity index (χ0v) is 77.8. The fraction of sp³-hybridized carbons (Fsp3) is 0.951. The third-order valence-electron chi connectivity index (χ3n) is 27.4. The summed E-state index contributed by atoms with van der Waals surface area (Å²) >= 11 is 0. The molecule has 4 amide bonds. The van der Waals surface area contributed by atoms with E-state index >= 15 is 0 Å². The highest BCUT2D eigenvalue weighted by Gasteiger charge is 2.63. The smallest absolute Gasteiger partial charge is 0.217 e. The largest absolute Gasteiger partial charge is 0.394 e. The van der Waals surface area contributed by atoms with Crippen LogP contribution in [0.4, 0.5) is 0 Å². The fourth-order valence-electron chi connectivity index (χ4n) is 18.9. The summed E-state index contributed by atoms with van der Waals surface area (Å²) < 4.78 is 140. The van der Waals surface area contributed by atoms with E-state index in [0.717, 1.165) is 27.7 Å². The number of ether oxygens (including phenoxy) is 23. The summed E-state index contributed by atoms with van der Waals surface area (Å²) in [6.45, 7) is -1.84. The molecule has 60 heteroatoms. The minimum Gasteiger partial charge on any atom is -0.394 e. The Morgan fingerprint density at radius 1 is 0.204 bits per heavy atom. The van der Waals surface area contributed by atoms with Gasteiger partial charge in [0.05, 0.1) is 97.1 Å². The molecule has 0 aromatic heterocycles. The van der Waals surface area contributed by atoms with Crippen molar-refractivity contribution in [2.24, 2.45) is 17.8 Å². The topological polar surface area (TPSA) is 915 Å². The van der Waals surface area contributed by atoms with Gasteiger partial charge in [-0.05, 0) is 6.92 Å². The van der Waals surface area contributed by atoms with Gasteiger partial charge in [-0.25, -0.2) is 0 Å². The maximum Gasteiger partial charge on any atom is 0.217 e. The van der Waals surface area contributed by atoms with Gasteiger partial charge in [-0.1, -0.05) is 20.8 Å². The van der Waals surface area contributed by atoms with Crippen LogP contribution in [0.2, 0.25) is 0 Å². The van der Waals surface area contributed by atoms with Gasteiger partial charge in [0.15, 0.2) is 75.5 Å². The number of nitrogens with one attached hydrogen (secondary N) is 4. The summed E-state index contributed by atoms with van der Waals surface area (Å²) in [7, 11) is 0. The highest BCUT2D eigenvalue weighted by Crippen LogP contribution is 2.43. The number of aliphatic hydroxyl groups excluding tert-OH is 29. The highest BCUT2D eigenvalue weighted by atomic mass is 16.8. The minimum absolute atomic E-state index is 0.669. The molecule has 33 N–H and O–H groups in total. The van der Waals surface area contributed by atoms with Gasteiger partial charge in [-0.15, -0.1) is 0 Å². The van der Waals surface area contributed by atoms with E-state index in [2.05, 4.69) is 21.3 Å². The molecule has 0 saturated carbocycles. The first-order valence-corrected chi connectivity index (χ1v) is 46.4. The van der Waals surface area contributed by atoms with Gasteiger partial charge >= 0.3 is 0 Å². The summed E-state index contributed by atoms with van der Waals surface area (Å²) in [5, 5.41) is 338.